The van der Waals surface area contributed by atoms with Crippen LogP contribution in [0.1, 0.15) is 43.5 Å². The first-order valence-corrected chi connectivity index (χ1v) is 9.35. The predicted molar refractivity (Wildman–Crippen MR) is 101 cm³/mol. The molecule has 6 nitrogen and oxygen atoms in total. The van der Waals surface area contributed by atoms with Crippen LogP contribution in [0.15, 0.2) is 18.2 Å². The van der Waals surface area contributed by atoms with E-state index < -0.39 is 0 Å². The van der Waals surface area contributed by atoms with E-state index in [1.165, 1.54) is 0 Å². The molecule has 0 aromatic heterocycles. The molecule has 6 heteroatoms. The van der Waals surface area contributed by atoms with Crippen molar-refractivity contribution >= 4 is 11.8 Å². The van der Waals surface area contributed by atoms with Gasteiger partial charge in [0, 0.05) is 43.7 Å². The number of ether oxygens (including phenoxy) is 2. The summed E-state index contributed by atoms with van der Waals surface area (Å²) in [5.41, 5.74) is 0.543. The molecule has 0 bridgehead atoms. The first kappa shape index (κ1) is 20.1. The molecule has 1 aliphatic rings. The van der Waals surface area contributed by atoms with Gasteiger partial charge in [-0.3, -0.25) is 9.59 Å². The van der Waals surface area contributed by atoms with Gasteiger partial charge < -0.3 is 19.3 Å². The highest BCUT2D eigenvalue weighted by atomic mass is 16.5. The average Bonchev–Trinajstić information content (AvgIpc) is 2.93. The smallest absolute Gasteiger partial charge is 0.254 e. The van der Waals surface area contributed by atoms with Gasteiger partial charge >= 0.3 is 0 Å². The van der Waals surface area contributed by atoms with E-state index in [4.69, 9.17) is 9.47 Å². The highest BCUT2D eigenvalue weighted by Gasteiger charge is 2.26. The second kappa shape index (κ2) is 9.46. The molecule has 2 amide bonds. The minimum atomic E-state index is -0.0565. The van der Waals surface area contributed by atoms with Crippen LogP contribution in [0.2, 0.25) is 0 Å². The molecule has 2 rings (SSSR count). The summed E-state index contributed by atoms with van der Waals surface area (Å²) >= 11 is 0. The minimum Gasteiger partial charge on any atom is -0.497 e. The fourth-order valence-electron chi connectivity index (χ4n) is 3.35. The molecular weight excluding hydrogens is 332 g/mol. The molecule has 0 aliphatic carbocycles. The second-order valence-corrected chi connectivity index (χ2v) is 6.59. The Morgan fingerprint density at radius 2 is 1.46 bits per heavy atom. The van der Waals surface area contributed by atoms with Crippen LogP contribution in [0, 0.1) is 5.92 Å². The van der Waals surface area contributed by atoms with Crippen molar-refractivity contribution in [2.24, 2.45) is 5.92 Å². The van der Waals surface area contributed by atoms with Crippen LogP contribution in [0.3, 0.4) is 0 Å². The summed E-state index contributed by atoms with van der Waals surface area (Å²) in [7, 11) is 3.13. The van der Waals surface area contributed by atoms with Crippen LogP contribution in [0.4, 0.5) is 0 Å². The quantitative estimate of drug-likeness (QED) is 0.781. The highest BCUT2D eigenvalue weighted by Crippen LogP contribution is 2.24. The van der Waals surface area contributed by atoms with Crippen LogP contribution >= 0.6 is 0 Å². The third-order valence-corrected chi connectivity index (χ3v) is 5.03. The molecule has 1 saturated heterocycles. The van der Waals surface area contributed by atoms with E-state index >= 15 is 0 Å². The molecule has 144 valence electrons. The largest absolute Gasteiger partial charge is 0.497 e. The number of amides is 2. The topological polar surface area (TPSA) is 59.1 Å². The predicted octanol–water partition coefficient (Wildman–Crippen LogP) is 2.81. The lowest BCUT2D eigenvalue weighted by Gasteiger charge is -2.25. The minimum absolute atomic E-state index is 0.0565. The number of benzene rings is 1. The zero-order chi connectivity index (χ0) is 19.1. The van der Waals surface area contributed by atoms with Gasteiger partial charge in [0.05, 0.1) is 14.2 Å². The first-order valence-electron chi connectivity index (χ1n) is 9.35. The Bertz CT molecular complexity index is 606. The molecule has 0 N–H and O–H groups in total. The zero-order valence-electron chi connectivity index (χ0n) is 16.3. The van der Waals surface area contributed by atoms with Crippen LogP contribution in [-0.2, 0) is 4.79 Å². The van der Waals surface area contributed by atoms with Crippen molar-refractivity contribution in [3.63, 3.8) is 0 Å². The molecule has 26 heavy (non-hydrogen) atoms. The van der Waals surface area contributed by atoms with E-state index in [1.54, 1.807) is 32.4 Å². The molecule has 0 radical (unpaired) electrons. The maximum absolute atomic E-state index is 12.9. The van der Waals surface area contributed by atoms with E-state index in [2.05, 4.69) is 13.8 Å². The van der Waals surface area contributed by atoms with Crippen molar-refractivity contribution in [1.82, 2.24) is 9.80 Å². The number of carbonyl (C=O) groups excluding carboxylic acids is 2. The fraction of sp³-hybridized carbons (Fsp3) is 0.600. The van der Waals surface area contributed by atoms with Gasteiger partial charge in [0.15, 0.2) is 0 Å². The molecule has 0 saturated carbocycles. The third-order valence-electron chi connectivity index (χ3n) is 5.03. The van der Waals surface area contributed by atoms with Crippen LogP contribution in [0.5, 0.6) is 11.5 Å². The Kier molecular flexibility index (Phi) is 7.30. The van der Waals surface area contributed by atoms with Crippen LogP contribution in [-0.4, -0.2) is 62.0 Å². The van der Waals surface area contributed by atoms with Gasteiger partial charge in [0.25, 0.3) is 5.91 Å². The number of hydrogen-bond donors (Lipinski definition) is 0. The molecule has 0 spiro atoms. The van der Waals surface area contributed by atoms with E-state index in [0.717, 1.165) is 19.3 Å². The highest BCUT2D eigenvalue weighted by molar-refractivity contribution is 5.95. The summed E-state index contributed by atoms with van der Waals surface area (Å²) in [4.78, 5) is 29.3. The molecule has 1 aromatic carbocycles. The Morgan fingerprint density at radius 1 is 0.923 bits per heavy atom. The number of carbonyl (C=O) groups is 2. The van der Waals surface area contributed by atoms with Crippen LogP contribution in [0.25, 0.3) is 0 Å². The summed E-state index contributed by atoms with van der Waals surface area (Å²) in [6, 6.07) is 5.20. The molecule has 1 aliphatic heterocycles. The first-order chi connectivity index (χ1) is 12.5. The van der Waals surface area contributed by atoms with Crippen molar-refractivity contribution in [2.75, 3.05) is 40.4 Å². The number of rotatable bonds is 6. The van der Waals surface area contributed by atoms with E-state index in [0.29, 0.717) is 43.2 Å². The standard InChI is InChI=1S/C20H30N2O4/c1-5-15(6-2)19(23)21-8-7-9-22(11-10-21)20(24)16-12-17(25-3)14-18(13-16)26-4/h12-15H,5-11H2,1-4H3. The van der Waals surface area contributed by atoms with E-state index in [-0.39, 0.29) is 17.7 Å². The van der Waals surface area contributed by atoms with Crippen LogP contribution < -0.4 is 9.47 Å². The summed E-state index contributed by atoms with van der Waals surface area (Å²) < 4.78 is 10.5. The van der Waals surface area contributed by atoms with Gasteiger partial charge in [-0.2, -0.15) is 0 Å². The summed E-state index contributed by atoms with van der Waals surface area (Å²) in [5, 5.41) is 0. The van der Waals surface area contributed by atoms with Gasteiger partial charge in [-0.1, -0.05) is 13.8 Å². The third kappa shape index (κ3) is 4.68. The zero-order valence-corrected chi connectivity index (χ0v) is 16.3. The van der Waals surface area contributed by atoms with Crippen molar-refractivity contribution in [1.29, 1.82) is 0 Å². The van der Waals surface area contributed by atoms with Crippen molar-refractivity contribution < 1.29 is 19.1 Å². The molecule has 1 aromatic rings. The van der Waals surface area contributed by atoms with Crippen molar-refractivity contribution in [2.45, 2.75) is 33.1 Å². The lowest BCUT2D eigenvalue weighted by Crippen LogP contribution is -2.39. The Hall–Kier alpha value is -2.24. The van der Waals surface area contributed by atoms with E-state index in [1.807, 2.05) is 9.80 Å². The SMILES string of the molecule is CCC(CC)C(=O)N1CCCN(C(=O)c2cc(OC)cc(OC)c2)CC1. The summed E-state index contributed by atoms with van der Waals surface area (Å²) in [6.45, 7) is 6.59. The monoisotopic (exact) mass is 362 g/mol. The molecular formula is C20H30N2O4. The number of methoxy groups -OCH3 is 2. The molecule has 0 unspecified atom stereocenters. The van der Waals surface area contributed by atoms with Gasteiger partial charge in [0.1, 0.15) is 11.5 Å². The van der Waals surface area contributed by atoms with Gasteiger partial charge in [0.2, 0.25) is 5.91 Å². The van der Waals surface area contributed by atoms with Crippen molar-refractivity contribution in [3.05, 3.63) is 23.8 Å². The van der Waals surface area contributed by atoms with Gasteiger partial charge in [-0.15, -0.1) is 0 Å². The van der Waals surface area contributed by atoms with E-state index in [9.17, 15) is 9.59 Å². The Balaban J connectivity index is 2.09. The Morgan fingerprint density at radius 3 is 2.00 bits per heavy atom. The molecule has 0 atom stereocenters. The maximum atomic E-state index is 12.9. The second-order valence-electron chi connectivity index (χ2n) is 6.59. The molecule has 1 fully saturated rings. The summed E-state index contributed by atoms with van der Waals surface area (Å²) in [6.07, 6.45) is 2.51. The van der Waals surface area contributed by atoms with Gasteiger partial charge in [-0.05, 0) is 31.4 Å². The molecule has 1 heterocycles. The maximum Gasteiger partial charge on any atom is 0.254 e. The van der Waals surface area contributed by atoms with Gasteiger partial charge in [-0.25, -0.2) is 0 Å². The summed E-state index contributed by atoms with van der Waals surface area (Å²) in [5.74, 6) is 1.42. The van der Waals surface area contributed by atoms with Crippen molar-refractivity contribution in [3.8, 4) is 11.5 Å². The Labute approximate surface area is 156 Å². The fourth-order valence-corrected chi connectivity index (χ4v) is 3.35. The lowest BCUT2D eigenvalue weighted by atomic mass is 10.0. The average molecular weight is 362 g/mol. The number of nitrogens with zero attached hydrogens (tertiary/aromatic N) is 2. The number of hydrogen-bond acceptors (Lipinski definition) is 4. The lowest BCUT2D eigenvalue weighted by molar-refractivity contribution is -0.135. The normalized spacial score (nSPS) is 15.0.